The quantitative estimate of drug-likeness (QED) is 0.898. The summed E-state index contributed by atoms with van der Waals surface area (Å²) >= 11 is 0. The van der Waals surface area contributed by atoms with Gasteiger partial charge in [-0.1, -0.05) is 32.0 Å². The molecule has 1 aromatic heterocycles. The van der Waals surface area contributed by atoms with Crippen molar-refractivity contribution in [3.63, 3.8) is 0 Å². The van der Waals surface area contributed by atoms with E-state index in [-0.39, 0.29) is 29.9 Å². The lowest BCUT2D eigenvalue weighted by atomic mass is 10.2. The first-order valence-corrected chi connectivity index (χ1v) is 9.26. The van der Waals surface area contributed by atoms with Crippen LogP contribution < -0.4 is 5.32 Å². The van der Waals surface area contributed by atoms with Gasteiger partial charge in [-0.3, -0.25) is 9.59 Å². The molecular formula is C20H26N4O3. The molecule has 1 aliphatic heterocycles. The predicted molar refractivity (Wildman–Crippen MR) is 103 cm³/mol. The maximum Gasteiger partial charge on any atom is 0.274 e. The van der Waals surface area contributed by atoms with E-state index in [1.807, 2.05) is 58.0 Å². The Bertz CT molecular complexity index is 806. The average molecular weight is 370 g/mol. The molecule has 0 aliphatic carbocycles. The van der Waals surface area contributed by atoms with E-state index in [4.69, 9.17) is 4.74 Å². The summed E-state index contributed by atoms with van der Waals surface area (Å²) < 4.78 is 7.30. The largest absolute Gasteiger partial charge is 0.372 e. The summed E-state index contributed by atoms with van der Waals surface area (Å²) in [5, 5.41) is 7.36. The van der Waals surface area contributed by atoms with Gasteiger partial charge >= 0.3 is 0 Å². The third-order valence-electron chi connectivity index (χ3n) is 4.41. The monoisotopic (exact) mass is 370 g/mol. The van der Waals surface area contributed by atoms with E-state index in [0.29, 0.717) is 24.6 Å². The number of hydrogen-bond acceptors (Lipinski definition) is 4. The van der Waals surface area contributed by atoms with Gasteiger partial charge in [0, 0.05) is 25.1 Å². The molecule has 2 heterocycles. The number of ether oxygens (including phenoxy) is 1. The Kier molecular flexibility index (Phi) is 5.60. The van der Waals surface area contributed by atoms with Crippen LogP contribution in [0.5, 0.6) is 0 Å². The van der Waals surface area contributed by atoms with Gasteiger partial charge in [-0.05, 0) is 26.0 Å². The number of nitrogens with zero attached hydrogens (tertiary/aromatic N) is 3. The lowest BCUT2D eigenvalue weighted by molar-refractivity contribution is -0.118. The Morgan fingerprint density at radius 2 is 1.78 bits per heavy atom. The number of rotatable bonds is 4. The van der Waals surface area contributed by atoms with E-state index in [1.54, 1.807) is 15.6 Å². The summed E-state index contributed by atoms with van der Waals surface area (Å²) in [6, 6.07) is 11.1. The van der Waals surface area contributed by atoms with Crippen molar-refractivity contribution >= 4 is 17.6 Å². The number of carbonyl (C=O) groups excluding carboxylic acids is 2. The fourth-order valence-corrected chi connectivity index (χ4v) is 3.12. The van der Waals surface area contributed by atoms with Crippen molar-refractivity contribution in [3.8, 4) is 5.69 Å². The number of para-hydroxylation sites is 1. The average Bonchev–Trinajstić information content (AvgIpc) is 3.04. The minimum atomic E-state index is -0.177. The Balaban J connectivity index is 1.93. The first-order valence-electron chi connectivity index (χ1n) is 9.26. The van der Waals surface area contributed by atoms with Crippen molar-refractivity contribution in [2.45, 2.75) is 39.9 Å². The zero-order chi connectivity index (χ0) is 19.6. The molecule has 144 valence electrons. The summed E-state index contributed by atoms with van der Waals surface area (Å²) in [4.78, 5) is 26.9. The Labute approximate surface area is 159 Å². The Hall–Kier alpha value is -2.67. The molecule has 2 atom stereocenters. The fourth-order valence-electron chi connectivity index (χ4n) is 3.12. The van der Waals surface area contributed by atoms with Crippen LogP contribution in [-0.4, -0.2) is 51.8 Å². The van der Waals surface area contributed by atoms with Gasteiger partial charge in [0.05, 0.1) is 17.9 Å². The number of benzene rings is 1. The van der Waals surface area contributed by atoms with E-state index >= 15 is 0 Å². The van der Waals surface area contributed by atoms with Crippen LogP contribution >= 0.6 is 0 Å². The second-order valence-corrected chi connectivity index (χ2v) is 7.27. The van der Waals surface area contributed by atoms with Gasteiger partial charge in [0.25, 0.3) is 5.91 Å². The number of hydrogen-bond donors (Lipinski definition) is 1. The molecule has 1 fully saturated rings. The number of anilines is 1. The van der Waals surface area contributed by atoms with Crippen LogP contribution in [0, 0.1) is 5.92 Å². The molecule has 0 radical (unpaired) electrons. The van der Waals surface area contributed by atoms with E-state index in [9.17, 15) is 9.59 Å². The van der Waals surface area contributed by atoms with Gasteiger partial charge in [0.15, 0.2) is 5.69 Å². The molecule has 7 heteroatoms. The van der Waals surface area contributed by atoms with E-state index in [1.165, 1.54) is 0 Å². The molecule has 0 saturated carbocycles. The molecule has 2 amide bonds. The highest BCUT2D eigenvalue weighted by molar-refractivity contribution is 5.96. The lowest BCUT2D eigenvalue weighted by Gasteiger charge is -2.34. The first kappa shape index (κ1) is 19.1. The number of morpholine rings is 1. The number of carbonyl (C=O) groups is 2. The number of amides is 2. The molecule has 3 rings (SSSR count). The summed E-state index contributed by atoms with van der Waals surface area (Å²) in [5.74, 6) is 0.0215. The molecular weight excluding hydrogens is 344 g/mol. The van der Waals surface area contributed by atoms with Crippen molar-refractivity contribution in [2.75, 3.05) is 18.4 Å². The third-order valence-corrected chi connectivity index (χ3v) is 4.41. The number of nitrogens with one attached hydrogen (secondary N) is 1. The molecule has 1 N–H and O–H groups in total. The van der Waals surface area contributed by atoms with Gasteiger partial charge < -0.3 is 15.0 Å². The standard InChI is InChI=1S/C20H26N4O3/c1-13(2)19(25)21-18-10-17(22-24(18)16-8-6-5-7-9-16)20(26)23-11-14(3)27-15(4)12-23/h5-10,13-15H,11-12H2,1-4H3,(H,21,25). The van der Waals surface area contributed by atoms with E-state index in [0.717, 1.165) is 5.69 Å². The van der Waals surface area contributed by atoms with Gasteiger partial charge in [0.1, 0.15) is 5.82 Å². The summed E-state index contributed by atoms with van der Waals surface area (Å²) in [5.41, 5.74) is 1.08. The van der Waals surface area contributed by atoms with Crippen LogP contribution in [0.1, 0.15) is 38.2 Å². The van der Waals surface area contributed by atoms with Gasteiger partial charge in [-0.25, -0.2) is 4.68 Å². The molecule has 7 nitrogen and oxygen atoms in total. The lowest BCUT2D eigenvalue weighted by Crippen LogP contribution is -2.48. The highest BCUT2D eigenvalue weighted by Crippen LogP contribution is 2.21. The van der Waals surface area contributed by atoms with Crippen LogP contribution in [0.2, 0.25) is 0 Å². The third kappa shape index (κ3) is 4.36. The maximum absolute atomic E-state index is 13.0. The van der Waals surface area contributed by atoms with Crippen molar-refractivity contribution in [2.24, 2.45) is 5.92 Å². The molecule has 0 spiro atoms. The molecule has 2 aromatic rings. The van der Waals surface area contributed by atoms with Gasteiger partial charge in [-0.15, -0.1) is 0 Å². The van der Waals surface area contributed by atoms with Crippen molar-refractivity contribution in [1.29, 1.82) is 0 Å². The summed E-state index contributed by atoms with van der Waals surface area (Å²) in [6.45, 7) is 8.59. The second-order valence-electron chi connectivity index (χ2n) is 7.27. The van der Waals surface area contributed by atoms with Crippen molar-refractivity contribution in [1.82, 2.24) is 14.7 Å². The fraction of sp³-hybridized carbons (Fsp3) is 0.450. The summed E-state index contributed by atoms with van der Waals surface area (Å²) in [6.07, 6.45) is -0.0388. The van der Waals surface area contributed by atoms with Crippen molar-refractivity contribution < 1.29 is 14.3 Å². The van der Waals surface area contributed by atoms with Crippen LogP contribution in [0.4, 0.5) is 5.82 Å². The second kappa shape index (κ2) is 7.92. The van der Waals surface area contributed by atoms with Gasteiger partial charge in [-0.2, -0.15) is 5.10 Å². The van der Waals surface area contributed by atoms with Crippen LogP contribution in [0.15, 0.2) is 36.4 Å². The predicted octanol–water partition coefficient (Wildman–Crippen LogP) is 2.72. The van der Waals surface area contributed by atoms with Crippen LogP contribution in [0.25, 0.3) is 5.69 Å². The first-order chi connectivity index (χ1) is 12.8. The highest BCUT2D eigenvalue weighted by Gasteiger charge is 2.29. The normalized spacial score (nSPS) is 20.0. The summed E-state index contributed by atoms with van der Waals surface area (Å²) in [7, 11) is 0. The maximum atomic E-state index is 13.0. The molecule has 0 bridgehead atoms. The zero-order valence-electron chi connectivity index (χ0n) is 16.2. The smallest absolute Gasteiger partial charge is 0.274 e. The molecule has 1 saturated heterocycles. The van der Waals surface area contributed by atoms with E-state index < -0.39 is 0 Å². The zero-order valence-corrected chi connectivity index (χ0v) is 16.2. The van der Waals surface area contributed by atoms with Gasteiger partial charge in [0.2, 0.25) is 5.91 Å². The Morgan fingerprint density at radius 1 is 1.15 bits per heavy atom. The van der Waals surface area contributed by atoms with E-state index in [2.05, 4.69) is 10.4 Å². The van der Waals surface area contributed by atoms with Crippen LogP contribution in [-0.2, 0) is 9.53 Å². The molecule has 1 aromatic carbocycles. The molecule has 2 unspecified atom stereocenters. The SMILES string of the molecule is CC1CN(C(=O)c2cc(NC(=O)C(C)C)n(-c3ccccc3)n2)CC(C)O1. The van der Waals surface area contributed by atoms with Crippen LogP contribution in [0.3, 0.4) is 0 Å². The highest BCUT2D eigenvalue weighted by atomic mass is 16.5. The minimum absolute atomic E-state index is 0.0194. The molecule has 1 aliphatic rings. The minimum Gasteiger partial charge on any atom is -0.372 e. The molecule has 27 heavy (non-hydrogen) atoms. The topological polar surface area (TPSA) is 76.5 Å². The number of aromatic nitrogens is 2. The van der Waals surface area contributed by atoms with Crippen molar-refractivity contribution in [3.05, 3.63) is 42.1 Å². The Morgan fingerprint density at radius 3 is 2.37 bits per heavy atom.